The Morgan fingerprint density at radius 3 is 2.38 bits per heavy atom. The van der Waals surface area contributed by atoms with Crippen molar-refractivity contribution in [1.82, 2.24) is 4.90 Å². The van der Waals surface area contributed by atoms with Crippen LogP contribution in [0.25, 0.3) is 6.08 Å². The van der Waals surface area contributed by atoms with Crippen LogP contribution in [0.1, 0.15) is 30.5 Å². The van der Waals surface area contributed by atoms with Crippen LogP contribution in [0.4, 0.5) is 4.39 Å². The van der Waals surface area contributed by atoms with Crippen molar-refractivity contribution < 1.29 is 23.5 Å². The van der Waals surface area contributed by atoms with Gasteiger partial charge < -0.3 is 9.47 Å². The zero-order chi connectivity index (χ0) is 28.1. The van der Waals surface area contributed by atoms with Crippen molar-refractivity contribution in [2.45, 2.75) is 27.0 Å². The quantitative estimate of drug-likeness (QED) is 0.219. The fourth-order valence-corrected chi connectivity index (χ4v) is 4.47. The van der Waals surface area contributed by atoms with E-state index in [4.69, 9.17) is 32.7 Å². The van der Waals surface area contributed by atoms with Gasteiger partial charge >= 0.3 is 0 Å². The van der Waals surface area contributed by atoms with Crippen LogP contribution in [0, 0.1) is 17.1 Å². The number of nitriles is 1. The maximum atomic E-state index is 13.4. The second-order valence-corrected chi connectivity index (χ2v) is 9.50. The third-order valence-corrected chi connectivity index (χ3v) is 6.64. The van der Waals surface area contributed by atoms with E-state index in [0.29, 0.717) is 39.3 Å². The van der Waals surface area contributed by atoms with E-state index in [1.165, 1.54) is 24.3 Å². The van der Waals surface area contributed by atoms with Crippen molar-refractivity contribution in [3.05, 3.63) is 110 Å². The van der Waals surface area contributed by atoms with Crippen LogP contribution in [0.2, 0.25) is 10.0 Å². The molecule has 1 aliphatic heterocycles. The molecule has 198 valence electrons. The molecule has 2 amide bonds. The van der Waals surface area contributed by atoms with Gasteiger partial charge in [0, 0.05) is 21.2 Å². The maximum absolute atomic E-state index is 13.4. The topological polar surface area (TPSA) is 79.6 Å². The van der Waals surface area contributed by atoms with Gasteiger partial charge in [-0.3, -0.25) is 14.5 Å². The van der Waals surface area contributed by atoms with E-state index in [1.807, 2.05) is 13.0 Å². The second kappa shape index (κ2) is 12.2. The molecule has 0 N–H and O–H groups in total. The number of carbonyl (C=O) groups excluding carboxylic acids is 2. The third-order valence-electron chi connectivity index (χ3n) is 6.06. The highest BCUT2D eigenvalue weighted by Crippen LogP contribution is 2.33. The van der Waals surface area contributed by atoms with Gasteiger partial charge in [0.1, 0.15) is 24.1 Å². The molecule has 0 fully saturated rings. The Morgan fingerprint density at radius 1 is 0.974 bits per heavy atom. The number of benzene rings is 3. The largest absolute Gasteiger partial charge is 0.490 e. The fraction of sp³-hybridized carbons (Fsp3) is 0.167. The molecule has 0 saturated carbocycles. The second-order valence-electron chi connectivity index (χ2n) is 8.66. The third kappa shape index (κ3) is 6.31. The molecule has 1 heterocycles. The van der Waals surface area contributed by atoms with E-state index in [9.17, 15) is 19.2 Å². The van der Waals surface area contributed by atoms with Gasteiger partial charge in [-0.1, -0.05) is 47.5 Å². The van der Waals surface area contributed by atoms with Gasteiger partial charge in [-0.15, -0.1) is 0 Å². The lowest BCUT2D eigenvalue weighted by Gasteiger charge is -2.27. The summed E-state index contributed by atoms with van der Waals surface area (Å²) in [5, 5.41) is 10.7. The molecule has 0 spiro atoms. The Balaban J connectivity index is 1.65. The van der Waals surface area contributed by atoms with Crippen molar-refractivity contribution >= 4 is 41.1 Å². The Hall–Kier alpha value is -4.12. The first-order valence-corrected chi connectivity index (χ1v) is 12.7. The minimum absolute atomic E-state index is 0.0992. The molecule has 1 aliphatic rings. The first-order chi connectivity index (χ1) is 18.7. The van der Waals surface area contributed by atoms with Crippen LogP contribution in [-0.2, 0) is 22.7 Å². The average Bonchev–Trinajstić information content (AvgIpc) is 2.91. The Labute approximate surface area is 235 Å². The SMILES string of the molecule is CCOc1cc(/C=C2/C(=O)N(Cc3ccc(F)cc3)C(=O)C(C#N)=C2C)ccc1OCc1ccc(Cl)cc1Cl. The van der Waals surface area contributed by atoms with Crippen LogP contribution >= 0.6 is 23.2 Å². The summed E-state index contributed by atoms with van der Waals surface area (Å²) in [5.74, 6) is -0.768. The summed E-state index contributed by atoms with van der Waals surface area (Å²) in [6.07, 6.45) is 1.60. The predicted octanol–water partition coefficient (Wildman–Crippen LogP) is 6.90. The normalized spacial score (nSPS) is 14.6. The van der Waals surface area contributed by atoms with Crippen LogP contribution < -0.4 is 9.47 Å². The molecule has 0 saturated heterocycles. The highest BCUT2D eigenvalue weighted by molar-refractivity contribution is 6.35. The summed E-state index contributed by atoms with van der Waals surface area (Å²) in [6, 6.07) is 17.7. The van der Waals surface area contributed by atoms with E-state index in [-0.39, 0.29) is 29.9 Å². The van der Waals surface area contributed by atoms with Gasteiger partial charge in [0.25, 0.3) is 11.8 Å². The molecular formula is C30H23Cl2FN2O4. The Bertz CT molecular complexity index is 1540. The van der Waals surface area contributed by atoms with Crippen molar-refractivity contribution in [3.8, 4) is 17.6 Å². The van der Waals surface area contributed by atoms with E-state index >= 15 is 0 Å². The highest BCUT2D eigenvalue weighted by atomic mass is 35.5. The van der Waals surface area contributed by atoms with Crippen molar-refractivity contribution in [3.63, 3.8) is 0 Å². The summed E-state index contributed by atoms with van der Waals surface area (Å²) in [7, 11) is 0. The molecule has 39 heavy (non-hydrogen) atoms. The molecular weight excluding hydrogens is 542 g/mol. The number of hydrogen-bond donors (Lipinski definition) is 0. The number of amides is 2. The molecule has 0 aromatic heterocycles. The summed E-state index contributed by atoms with van der Waals surface area (Å²) >= 11 is 12.2. The molecule has 6 nitrogen and oxygen atoms in total. The van der Waals surface area contributed by atoms with Gasteiger partial charge in [-0.2, -0.15) is 5.26 Å². The predicted molar refractivity (Wildman–Crippen MR) is 147 cm³/mol. The van der Waals surface area contributed by atoms with Crippen LogP contribution in [0.5, 0.6) is 11.5 Å². The monoisotopic (exact) mass is 564 g/mol. The molecule has 3 aromatic carbocycles. The van der Waals surface area contributed by atoms with Crippen molar-refractivity contribution in [2.75, 3.05) is 6.61 Å². The number of hydrogen-bond acceptors (Lipinski definition) is 5. The van der Waals surface area contributed by atoms with E-state index in [0.717, 1.165) is 10.5 Å². The lowest BCUT2D eigenvalue weighted by molar-refractivity contribution is -0.141. The van der Waals surface area contributed by atoms with Gasteiger partial charge in [-0.05, 0) is 73.0 Å². The minimum Gasteiger partial charge on any atom is -0.490 e. The summed E-state index contributed by atoms with van der Waals surface area (Å²) in [6.45, 7) is 3.85. The van der Waals surface area contributed by atoms with Gasteiger partial charge in [-0.25, -0.2) is 4.39 Å². The molecule has 0 radical (unpaired) electrons. The number of carbonyl (C=O) groups is 2. The summed E-state index contributed by atoms with van der Waals surface area (Å²) in [4.78, 5) is 27.3. The molecule has 0 aliphatic carbocycles. The van der Waals surface area contributed by atoms with Gasteiger partial charge in [0.2, 0.25) is 0 Å². The van der Waals surface area contributed by atoms with E-state index in [2.05, 4.69) is 0 Å². The number of ether oxygens (including phenoxy) is 2. The van der Waals surface area contributed by atoms with Crippen LogP contribution in [0.3, 0.4) is 0 Å². The first kappa shape index (κ1) is 27.9. The van der Waals surface area contributed by atoms with E-state index in [1.54, 1.807) is 49.4 Å². The standard InChI is InChI=1S/C30H23Cl2FN2O4/c1-3-38-28-13-20(6-11-27(28)39-17-21-7-8-22(31)14-26(21)32)12-24-18(2)25(15-34)30(37)35(29(24)36)16-19-4-9-23(33)10-5-19/h4-14H,3,16-17H2,1-2H3/b24-12+. The maximum Gasteiger partial charge on any atom is 0.271 e. The molecule has 0 unspecified atom stereocenters. The Kier molecular flexibility index (Phi) is 8.70. The highest BCUT2D eigenvalue weighted by Gasteiger charge is 2.35. The van der Waals surface area contributed by atoms with Crippen LogP contribution in [0.15, 0.2) is 77.4 Å². The fourth-order valence-electron chi connectivity index (χ4n) is 4.01. The zero-order valence-corrected chi connectivity index (χ0v) is 22.6. The smallest absolute Gasteiger partial charge is 0.271 e. The zero-order valence-electron chi connectivity index (χ0n) is 21.1. The molecule has 0 atom stereocenters. The molecule has 9 heteroatoms. The van der Waals surface area contributed by atoms with Crippen molar-refractivity contribution in [2.24, 2.45) is 0 Å². The molecule has 0 bridgehead atoms. The minimum atomic E-state index is -0.693. The van der Waals surface area contributed by atoms with Gasteiger partial charge in [0.15, 0.2) is 11.5 Å². The number of nitrogens with zero attached hydrogens (tertiary/aromatic N) is 2. The van der Waals surface area contributed by atoms with Gasteiger partial charge in [0.05, 0.1) is 13.2 Å². The number of rotatable bonds is 8. The first-order valence-electron chi connectivity index (χ1n) is 12.0. The van der Waals surface area contributed by atoms with Crippen LogP contribution in [-0.4, -0.2) is 23.3 Å². The Morgan fingerprint density at radius 2 is 1.72 bits per heavy atom. The lowest BCUT2D eigenvalue weighted by Crippen LogP contribution is -2.42. The summed E-state index contributed by atoms with van der Waals surface area (Å²) in [5.41, 5.74) is 2.24. The lowest BCUT2D eigenvalue weighted by atomic mass is 9.93. The van der Waals surface area contributed by atoms with E-state index < -0.39 is 17.6 Å². The average molecular weight is 565 g/mol. The van der Waals surface area contributed by atoms with Crippen molar-refractivity contribution in [1.29, 1.82) is 5.26 Å². The summed E-state index contributed by atoms with van der Waals surface area (Å²) < 4.78 is 25.1. The number of halogens is 3. The molecule has 3 aromatic rings. The number of imide groups is 1. The molecule has 4 rings (SSSR count).